The minimum Gasteiger partial charge on any atom is -0.309 e. The molecule has 5 heterocycles. The fourth-order valence-electron chi connectivity index (χ4n) is 16.9. The van der Waals surface area contributed by atoms with Gasteiger partial charge < -0.3 is 9.13 Å². The zero-order valence-electron chi connectivity index (χ0n) is 62.8. The largest absolute Gasteiger partial charge is 0.309 e. The molecule has 0 aliphatic rings. The molecule has 17 aromatic carbocycles. The lowest BCUT2D eigenvalue weighted by Crippen LogP contribution is -2.19. The number of hydrogen-bond acceptors (Lipinski definition) is 5. The van der Waals surface area contributed by atoms with Crippen molar-refractivity contribution in [3.05, 3.63) is 439 Å². The molecule has 0 saturated heterocycles. The molecule has 9 nitrogen and oxygen atoms in total. The van der Waals surface area contributed by atoms with E-state index in [1.807, 2.05) is 161 Å². The molecule has 0 spiro atoms. The van der Waals surface area contributed by atoms with Crippen molar-refractivity contribution in [1.82, 2.24) is 33.2 Å². The highest BCUT2D eigenvalue weighted by Crippen LogP contribution is 2.41. The monoisotopic (exact) mass is 1480 g/mol. The van der Waals surface area contributed by atoms with Gasteiger partial charge in [-0.05, 0) is 194 Å². The Morgan fingerprint density at radius 3 is 0.845 bits per heavy atom. The zero-order valence-corrected chi connectivity index (χ0v) is 62.8. The molecule has 22 aromatic rings. The molecule has 0 radical (unpaired) electrons. The van der Waals surface area contributed by atoms with Crippen LogP contribution in [0.15, 0.2) is 428 Å². The van der Waals surface area contributed by atoms with Crippen LogP contribution >= 0.6 is 0 Å². The Labute approximate surface area is 667 Å². The van der Waals surface area contributed by atoms with E-state index in [1.54, 1.807) is 0 Å². The summed E-state index contributed by atoms with van der Waals surface area (Å²) in [6.45, 7) is 0. The van der Waals surface area contributed by atoms with Crippen LogP contribution in [0.1, 0.15) is 0 Å². The fraction of sp³-hybridized carbons (Fsp3) is 0. The van der Waals surface area contributed by atoms with Gasteiger partial charge in [0.05, 0.1) is 33.1 Å². The van der Waals surface area contributed by atoms with Crippen molar-refractivity contribution < 1.29 is 0 Å². The van der Waals surface area contributed by atoms with Gasteiger partial charge in [0.25, 0.3) is 11.1 Å². The maximum atomic E-state index is 14.3. The summed E-state index contributed by atoms with van der Waals surface area (Å²) in [4.78, 5) is 43.1. The summed E-state index contributed by atoms with van der Waals surface area (Å²) in [5.41, 5.74) is 24.1. The highest BCUT2D eigenvalue weighted by molar-refractivity contribution is 6.14. The third-order valence-electron chi connectivity index (χ3n) is 22.5. The molecule has 0 aliphatic heterocycles. The van der Waals surface area contributed by atoms with Crippen LogP contribution in [0.3, 0.4) is 0 Å². The van der Waals surface area contributed by atoms with Crippen LogP contribution in [-0.4, -0.2) is 33.2 Å². The van der Waals surface area contributed by atoms with Gasteiger partial charge >= 0.3 is 0 Å². The van der Waals surface area contributed by atoms with Crippen LogP contribution in [0.5, 0.6) is 0 Å². The molecular formula is C107H69N7O2. The quantitative estimate of drug-likeness (QED) is 0.114. The Hall–Kier alpha value is -15.7. The Kier molecular flexibility index (Phi) is 17.0. The van der Waals surface area contributed by atoms with Gasteiger partial charge in [0.1, 0.15) is 0 Å². The van der Waals surface area contributed by atoms with Crippen molar-refractivity contribution in [2.24, 2.45) is 0 Å². The van der Waals surface area contributed by atoms with E-state index in [2.05, 4.69) is 276 Å². The molecule has 0 N–H and O–H groups in total. The molecule has 0 bridgehead atoms. The van der Waals surface area contributed by atoms with Crippen LogP contribution in [-0.2, 0) is 0 Å². The molecule has 0 saturated carbocycles. The van der Waals surface area contributed by atoms with E-state index in [1.165, 1.54) is 43.7 Å². The molecule has 0 fully saturated rings. The van der Waals surface area contributed by atoms with Gasteiger partial charge in [-0.25, -0.2) is 15.0 Å². The molecule has 116 heavy (non-hydrogen) atoms. The number of nitrogens with zero attached hydrogens (tertiary/aromatic N) is 7. The van der Waals surface area contributed by atoms with Gasteiger partial charge in [0.15, 0.2) is 17.5 Å². The highest BCUT2D eigenvalue weighted by atomic mass is 16.1. The van der Waals surface area contributed by atoms with Crippen LogP contribution in [0.4, 0.5) is 0 Å². The first-order valence-electron chi connectivity index (χ1n) is 39.0. The van der Waals surface area contributed by atoms with Gasteiger partial charge in [-0.2, -0.15) is 0 Å². The number of aromatic nitrogens is 7. The third-order valence-corrected chi connectivity index (χ3v) is 22.5. The standard InChI is InChI=1S/C61H39N3O.C46H30N4O/c65-61-52-23-8-7-20-49(52)53-37-43(40-14-3-1-4-15-40)28-35-60(53)64(61)47-31-26-41(27-32-47)42-16-13-19-48(36-42)63-57-25-12-10-22-51(57)55-39-45(30-34-59(55)63)44-29-33-58-54(38-44)50-21-9-11-24-56(50)62(58)46-17-5-2-6-18-46;51-46-40-22-11-10-21-39(40)41-30-36(25-28-42(41)50(46)38-26-23-32(24-27-38)31-13-4-1-5-14-31)35-19-12-20-37(29-35)45-48-43(33-15-6-2-7-16-33)47-44(49-45)34-17-8-3-9-18-34/h1-39H;1-30H. The van der Waals surface area contributed by atoms with Crippen LogP contribution in [0.2, 0.25) is 0 Å². The van der Waals surface area contributed by atoms with Crippen molar-refractivity contribution in [1.29, 1.82) is 0 Å². The molecule has 0 unspecified atom stereocenters. The highest BCUT2D eigenvalue weighted by Gasteiger charge is 2.21. The molecule has 0 amide bonds. The van der Waals surface area contributed by atoms with Crippen molar-refractivity contribution in [2.45, 2.75) is 0 Å². The first-order chi connectivity index (χ1) is 57.3. The second-order valence-corrected chi connectivity index (χ2v) is 29.3. The maximum absolute atomic E-state index is 14.3. The Balaban J connectivity index is 0.000000149. The van der Waals surface area contributed by atoms with Crippen molar-refractivity contribution in [2.75, 3.05) is 0 Å². The summed E-state index contributed by atoms with van der Waals surface area (Å²) in [5.74, 6) is 1.84. The fourth-order valence-corrected chi connectivity index (χ4v) is 16.9. The summed E-state index contributed by atoms with van der Waals surface area (Å²) in [5, 5.41) is 10.2. The first kappa shape index (κ1) is 68.3. The van der Waals surface area contributed by atoms with E-state index in [4.69, 9.17) is 15.0 Å². The maximum Gasteiger partial charge on any atom is 0.263 e. The molecule has 544 valence electrons. The average molecular weight is 1480 g/mol. The number of pyridine rings is 2. The molecule has 22 rings (SSSR count). The predicted octanol–water partition coefficient (Wildman–Crippen LogP) is 26.0. The van der Waals surface area contributed by atoms with Crippen molar-refractivity contribution in [3.63, 3.8) is 0 Å². The SMILES string of the molecule is O=c1c2ccccc2c2cc(-c3cccc(-c4nc(-c5ccccc5)nc(-c5ccccc5)n4)c3)ccc2n1-c1ccc(-c2ccccc2)cc1.O=c1c2ccccc2c2cc(-c3ccccc3)ccc2n1-c1ccc(-c2cccc(-n3c4ccccc4c4cc(-c5ccc6c(c5)c5ccccc5n6-c5ccccc5)ccc43)c2)cc1. The third kappa shape index (κ3) is 12.2. The molecular weight excluding hydrogens is 1420 g/mol. The minimum absolute atomic E-state index is 0.0268. The molecule has 9 heteroatoms. The summed E-state index contributed by atoms with van der Waals surface area (Å²) in [7, 11) is 0. The van der Waals surface area contributed by atoms with Gasteiger partial charge in [-0.3, -0.25) is 18.7 Å². The summed E-state index contributed by atoms with van der Waals surface area (Å²) in [6, 6.07) is 145. The van der Waals surface area contributed by atoms with Gasteiger partial charge in [-0.15, -0.1) is 0 Å². The Morgan fingerprint density at radius 1 is 0.147 bits per heavy atom. The topological polar surface area (TPSA) is 92.5 Å². The van der Waals surface area contributed by atoms with Crippen LogP contribution < -0.4 is 11.1 Å². The van der Waals surface area contributed by atoms with Crippen LogP contribution in [0.25, 0.3) is 200 Å². The van der Waals surface area contributed by atoms with E-state index in [0.717, 1.165) is 128 Å². The molecule has 0 aliphatic carbocycles. The van der Waals surface area contributed by atoms with E-state index in [-0.39, 0.29) is 11.1 Å². The minimum atomic E-state index is -0.0430. The number of rotatable bonds is 12. The van der Waals surface area contributed by atoms with Gasteiger partial charge in [0.2, 0.25) is 0 Å². The van der Waals surface area contributed by atoms with E-state index in [0.29, 0.717) is 28.2 Å². The smallest absolute Gasteiger partial charge is 0.263 e. The van der Waals surface area contributed by atoms with E-state index < -0.39 is 0 Å². The van der Waals surface area contributed by atoms with Gasteiger partial charge in [0, 0.05) is 82.5 Å². The second kappa shape index (κ2) is 28.9. The normalized spacial score (nSPS) is 11.5. The lowest BCUT2D eigenvalue weighted by molar-refractivity contribution is 1.06. The lowest BCUT2D eigenvalue weighted by Gasteiger charge is -2.15. The molecule has 0 atom stereocenters. The number of fused-ring (bicyclic) bond motifs is 12. The van der Waals surface area contributed by atoms with Crippen LogP contribution in [0, 0.1) is 0 Å². The van der Waals surface area contributed by atoms with Crippen molar-refractivity contribution in [3.8, 4) is 113 Å². The summed E-state index contributed by atoms with van der Waals surface area (Å²) >= 11 is 0. The van der Waals surface area contributed by atoms with Gasteiger partial charge in [-0.1, -0.05) is 291 Å². The molecule has 5 aromatic heterocycles. The Morgan fingerprint density at radius 2 is 0.397 bits per heavy atom. The first-order valence-corrected chi connectivity index (χ1v) is 39.0. The summed E-state index contributed by atoms with van der Waals surface area (Å²) in [6.07, 6.45) is 0. The number of hydrogen-bond donors (Lipinski definition) is 0. The van der Waals surface area contributed by atoms with Crippen molar-refractivity contribution >= 4 is 87.0 Å². The zero-order chi connectivity index (χ0) is 77.2. The predicted molar refractivity (Wildman–Crippen MR) is 480 cm³/mol. The Bertz CT molecular complexity index is 7650. The van der Waals surface area contributed by atoms with E-state index in [9.17, 15) is 9.59 Å². The van der Waals surface area contributed by atoms with E-state index >= 15 is 0 Å². The average Bonchev–Trinajstić information content (AvgIpc) is 1.71. The summed E-state index contributed by atoms with van der Waals surface area (Å²) < 4.78 is 8.43. The second-order valence-electron chi connectivity index (χ2n) is 29.3. The number of benzene rings is 17. The lowest BCUT2D eigenvalue weighted by atomic mass is 9.98. The number of para-hydroxylation sites is 3.